The Morgan fingerprint density at radius 3 is 1.24 bits per heavy atom. The molecule has 0 spiro atoms. The molecule has 2 unspecified atom stereocenters. The number of hydrogen-bond acceptors (Lipinski definition) is 4. The standard InChI is InChI=1S/C35H74N3O2.BrH/c1-5-7-9-11-13-15-17-19-21-23-32-39-34(3)38(30-28-37(29-31-38)27-25-26-36)35(4)40-33-24-22-20-18-16-14-12-10-8-6-2;/h34-35H,5-33,36H2,1-4H3;1H/q+1;/p-1. The first-order valence-electron chi connectivity index (χ1n) is 18.1. The van der Waals surface area contributed by atoms with Crippen molar-refractivity contribution in [2.75, 3.05) is 52.5 Å². The van der Waals surface area contributed by atoms with Gasteiger partial charge in [0, 0.05) is 26.9 Å². The van der Waals surface area contributed by atoms with Gasteiger partial charge in [0.25, 0.3) is 0 Å². The molecule has 0 aromatic heterocycles. The number of hydrogen-bond donors (Lipinski definition) is 1. The van der Waals surface area contributed by atoms with Crippen LogP contribution >= 0.6 is 0 Å². The first kappa shape index (κ1) is 41.3. The van der Waals surface area contributed by atoms with Gasteiger partial charge in [0.2, 0.25) is 0 Å². The Balaban J connectivity index is 0.0000160. The van der Waals surface area contributed by atoms with Crippen LogP contribution in [0.5, 0.6) is 0 Å². The Hall–Kier alpha value is 0.280. The summed E-state index contributed by atoms with van der Waals surface area (Å²) < 4.78 is 14.1. The number of unbranched alkanes of at least 4 members (excludes halogenated alkanes) is 18. The molecule has 1 heterocycles. The lowest BCUT2D eigenvalue weighted by Gasteiger charge is -2.50. The lowest BCUT2D eigenvalue weighted by molar-refractivity contribution is -1.01. The van der Waals surface area contributed by atoms with E-state index in [4.69, 9.17) is 15.2 Å². The maximum atomic E-state index is 6.55. The van der Waals surface area contributed by atoms with Crippen LogP contribution in [0.25, 0.3) is 0 Å². The minimum Gasteiger partial charge on any atom is -1.00 e. The molecule has 1 rings (SSSR count). The summed E-state index contributed by atoms with van der Waals surface area (Å²) in [6.07, 6.45) is 28.9. The first-order chi connectivity index (χ1) is 19.6. The van der Waals surface area contributed by atoms with Gasteiger partial charge >= 0.3 is 0 Å². The van der Waals surface area contributed by atoms with E-state index in [0.717, 1.165) is 63.4 Å². The molecule has 1 aliphatic rings. The van der Waals surface area contributed by atoms with Gasteiger partial charge in [-0.15, -0.1) is 0 Å². The zero-order chi connectivity index (χ0) is 29.2. The molecule has 5 nitrogen and oxygen atoms in total. The molecular weight excluding hydrogens is 574 g/mol. The summed E-state index contributed by atoms with van der Waals surface area (Å²) in [6.45, 7) is 17.4. The van der Waals surface area contributed by atoms with E-state index >= 15 is 0 Å². The van der Waals surface area contributed by atoms with Crippen molar-refractivity contribution < 1.29 is 30.9 Å². The van der Waals surface area contributed by atoms with Crippen LogP contribution in [0.2, 0.25) is 0 Å². The van der Waals surface area contributed by atoms with E-state index < -0.39 is 0 Å². The van der Waals surface area contributed by atoms with Crippen molar-refractivity contribution in [3.63, 3.8) is 0 Å². The molecule has 41 heavy (non-hydrogen) atoms. The molecule has 0 radical (unpaired) electrons. The molecule has 1 fully saturated rings. The normalized spacial score (nSPS) is 16.9. The van der Waals surface area contributed by atoms with E-state index in [2.05, 4.69) is 32.6 Å². The molecule has 248 valence electrons. The third-order valence-electron chi connectivity index (χ3n) is 9.51. The van der Waals surface area contributed by atoms with Crippen molar-refractivity contribution in [3.8, 4) is 0 Å². The second kappa shape index (κ2) is 29.0. The van der Waals surface area contributed by atoms with Gasteiger partial charge in [0.05, 0.1) is 26.3 Å². The summed E-state index contributed by atoms with van der Waals surface area (Å²) >= 11 is 0. The Kier molecular flexibility index (Phi) is 29.2. The highest BCUT2D eigenvalue weighted by atomic mass is 79.9. The van der Waals surface area contributed by atoms with Gasteiger partial charge in [-0.3, -0.25) is 9.38 Å². The lowest BCUT2D eigenvalue weighted by Crippen LogP contribution is -3.00. The number of rotatable bonds is 29. The van der Waals surface area contributed by atoms with Gasteiger partial charge in [-0.25, -0.2) is 0 Å². The summed E-state index contributed by atoms with van der Waals surface area (Å²) in [5, 5.41) is 0. The molecule has 6 heteroatoms. The Morgan fingerprint density at radius 1 is 0.561 bits per heavy atom. The largest absolute Gasteiger partial charge is 1.00 e. The zero-order valence-electron chi connectivity index (χ0n) is 28.3. The van der Waals surface area contributed by atoms with E-state index in [1.54, 1.807) is 0 Å². The highest BCUT2D eigenvalue weighted by Gasteiger charge is 2.43. The van der Waals surface area contributed by atoms with E-state index in [0.29, 0.717) is 0 Å². The fraction of sp³-hybridized carbons (Fsp3) is 1.00. The predicted molar refractivity (Wildman–Crippen MR) is 175 cm³/mol. The van der Waals surface area contributed by atoms with Crippen LogP contribution < -0.4 is 22.7 Å². The minimum atomic E-state index is 0. The number of piperazine rings is 1. The highest BCUT2D eigenvalue weighted by Crippen LogP contribution is 2.26. The van der Waals surface area contributed by atoms with Crippen LogP contribution in [0.3, 0.4) is 0 Å². The summed E-state index contributed by atoms with van der Waals surface area (Å²) in [7, 11) is 0. The van der Waals surface area contributed by atoms with Gasteiger partial charge < -0.3 is 32.2 Å². The molecule has 0 aromatic carbocycles. The van der Waals surface area contributed by atoms with Crippen molar-refractivity contribution in [1.82, 2.24) is 4.90 Å². The zero-order valence-corrected chi connectivity index (χ0v) is 29.9. The van der Waals surface area contributed by atoms with Crippen molar-refractivity contribution in [2.24, 2.45) is 5.73 Å². The van der Waals surface area contributed by atoms with E-state index in [-0.39, 0.29) is 29.4 Å². The smallest absolute Gasteiger partial charge is 0.192 e. The second-order valence-electron chi connectivity index (χ2n) is 12.8. The van der Waals surface area contributed by atoms with E-state index in [1.165, 1.54) is 128 Å². The molecular formula is C35H74BrN3O2. The third-order valence-corrected chi connectivity index (χ3v) is 9.51. The molecule has 2 N–H and O–H groups in total. The summed E-state index contributed by atoms with van der Waals surface area (Å²) in [5.41, 5.74) is 5.79. The monoisotopic (exact) mass is 647 g/mol. The molecule has 0 aromatic rings. The summed E-state index contributed by atoms with van der Waals surface area (Å²) in [4.78, 5) is 2.59. The molecule has 1 aliphatic heterocycles. The summed E-state index contributed by atoms with van der Waals surface area (Å²) in [6, 6.07) is 0. The van der Waals surface area contributed by atoms with Crippen LogP contribution in [0.1, 0.15) is 163 Å². The first-order valence-corrected chi connectivity index (χ1v) is 18.1. The highest BCUT2D eigenvalue weighted by molar-refractivity contribution is 4.67. The molecule has 2 atom stereocenters. The topological polar surface area (TPSA) is 47.7 Å². The maximum Gasteiger partial charge on any atom is 0.192 e. The molecule has 1 saturated heterocycles. The predicted octanol–water partition coefficient (Wildman–Crippen LogP) is 6.04. The van der Waals surface area contributed by atoms with Crippen molar-refractivity contribution in [3.05, 3.63) is 0 Å². The average molecular weight is 649 g/mol. The Morgan fingerprint density at radius 2 is 0.902 bits per heavy atom. The molecule has 0 aliphatic carbocycles. The number of ether oxygens (including phenoxy) is 2. The van der Waals surface area contributed by atoms with Gasteiger partial charge in [-0.2, -0.15) is 0 Å². The number of nitrogens with zero attached hydrogens (tertiary/aromatic N) is 2. The van der Waals surface area contributed by atoms with Crippen molar-refractivity contribution in [1.29, 1.82) is 0 Å². The fourth-order valence-corrected chi connectivity index (χ4v) is 6.42. The van der Waals surface area contributed by atoms with Crippen LogP contribution in [0, 0.1) is 0 Å². The molecule has 0 bridgehead atoms. The SMILES string of the molecule is CCCCCCCCCCCCOC(C)[N+]1(C(C)OCCCCCCCCCCCC)CCN(CCCN)CC1.[Br-]. The van der Waals surface area contributed by atoms with Gasteiger partial charge in [-0.1, -0.05) is 129 Å². The molecule has 0 amide bonds. The van der Waals surface area contributed by atoms with E-state index in [9.17, 15) is 0 Å². The number of halogens is 1. The Labute approximate surface area is 268 Å². The van der Waals surface area contributed by atoms with E-state index in [1.807, 2.05) is 0 Å². The average Bonchev–Trinajstić information content (AvgIpc) is 2.97. The quantitative estimate of drug-likeness (QED) is 0.0795. The van der Waals surface area contributed by atoms with Gasteiger partial charge in [-0.05, 0) is 32.4 Å². The minimum absolute atomic E-state index is 0. The van der Waals surface area contributed by atoms with Crippen LogP contribution in [0.15, 0.2) is 0 Å². The second-order valence-corrected chi connectivity index (χ2v) is 12.8. The lowest BCUT2D eigenvalue weighted by atomic mass is 10.1. The summed E-state index contributed by atoms with van der Waals surface area (Å²) in [5.74, 6) is 0. The van der Waals surface area contributed by atoms with Crippen LogP contribution in [0.4, 0.5) is 0 Å². The maximum absolute atomic E-state index is 6.55. The molecule has 0 saturated carbocycles. The van der Waals surface area contributed by atoms with Crippen molar-refractivity contribution >= 4 is 0 Å². The van der Waals surface area contributed by atoms with Crippen LogP contribution in [-0.2, 0) is 9.47 Å². The number of quaternary nitrogens is 1. The van der Waals surface area contributed by atoms with Crippen LogP contribution in [-0.4, -0.2) is 74.3 Å². The number of nitrogens with two attached hydrogens (primary N) is 1. The Bertz CT molecular complexity index is 498. The fourth-order valence-electron chi connectivity index (χ4n) is 6.42. The van der Waals surface area contributed by atoms with Crippen molar-refractivity contribution in [2.45, 2.75) is 175 Å². The van der Waals surface area contributed by atoms with Gasteiger partial charge in [0.1, 0.15) is 0 Å². The van der Waals surface area contributed by atoms with Gasteiger partial charge in [0.15, 0.2) is 12.5 Å². The third kappa shape index (κ3) is 20.0.